The van der Waals surface area contributed by atoms with Crippen LogP contribution in [0.4, 0.5) is 8.78 Å². The van der Waals surface area contributed by atoms with Gasteiger partial charge in [-0.25, -0.2) is 22.0 Å². The van der Waals surface area contributed by atoms with Crippen LogP contribution >= 0.6 is 0 Å². The lowest BCUT2D eigenvalue weighted by molar-refractivity contribution is -0.151. The SMILES string of the molecule is CCCC(CCC)S(=O)(=O)C[C@@H](NC(=O)c1ccncc1)C(=O)O[C@H](CNCc1cccc(CC)c1)[C@@H](N)Cc1cc(F)cc(F)c1. The molecule has 0 fully saturated rings. The van der Waals surface area contributed by atoms with E-state index in [-0.39, 0.29) is 24.1 Å². The largest absolute Gasteiger partial charge is 0.458 e. The van der Waals surface area contributed by atoms with Gasteiger partial charge in [0.05, 0.1) is 11.0 Å². The van der Waals surface area contributed by atoms with Crippen LogP contribution in [-0.2, 0) is 38.8 Å². The maximum Gasteiger partial charge on any atom is 0.330 e. The van der Waals surface area contributed by atoms with Crippen LogP contribution < -0.4 is 16.4 Å². The van der Waals surface area contributed by atoms with E-state index in [0.717, 1.165) is 35.7 Å². The summed E-state index contributed by atoms with van der Waals surface area (Å²) in [6.45, 7) is 6.28. The average Bonchev–Trinajstić information content (AvgIpc) is 3.03. The van der Waals surface area contributed by atoms with Crippen molar-refractivity contribution in [1.82, 2.24) is 15.6 Å². The number of hydrogen-bond donors (Lipinski definition) is 3. The molecular formula is C35H46F2N4O5S. The number of hydrogen-bond acceptors (Lipinski definition) is 8. The Hall–Kier alpha value is -3.74. The first-order valence-corrected chi connectivity index (χ1v) is 17.8. The van der Waals surface area contributed by atoms with Crippen molar-refractivity contribution in [3.8, 4) is 0 Å². The molecule has 0 saturated carbocycles. The van der Waals surface area contributed by atoms with E-state index in [9.17, 15) is 26.8 Å². The molecule has 1 amide bonds. The Morgan fingerprint density at radius 1 is 0.915 bits per heavy atom. The summed E-state index contributed by atoms with van der Waals surface area (Å²) < 4.78 is 60.9. The second-order valence-corrected chi connectivity index (χ2v) is 14.0. The highest BCUT2D eigenvalue weighted by Crippen LogP contribution is 2.19. The number of benzene rings is 2. The molecule has 0 radical (unpaired) electrons. The molecule has 0 bridgehead atoms. The van der Waals surface area contributed by atoms with Crippen molar-refractivity contribution < 1.29 is 31.5 Å². The number of sulfone groups is 1. The van der Waals surface area contributed by atoms with Gasteiger partial charge in [-0.3, -0.25) is 9.78 Å². The van der Waals surface area contributed by atoms with E-state index in [1.807, 2.05) is 45.0 Å². The van der Waals surface area contributed by atoms with Crippen molar-refractivity contribution >= 4 is 21.7 Å². The lowest BCUT2D eigenvalue weighted by Crippen LogP contribution is -2.52. The van der Waals surface area contributed by atoms with Gasteiger partial charge in [0, 0.05) is 43.2 Å². The number of rotatable bonds is 19. The van der Waals surface area contributed by atoms with Crippen molar-refractivity contribution in [2.24, 2.45) is 5.73 Å². The number of ether oxygens (including phenoxy) is 1. The van der Waals surface area contributed by atoms with Gasteiger partial charge in [-0.1, -0.05) is 57.9 Å². The van der Waals surface area contributed by atoms with Crippen molar-refractivity contribution in [3.05, 3.63) is 101 Å². The monoisotopic (exact) mass is 672 g/mol. The van der Waals surface area contributed by atoms with E-state index in [1.165, 1.54) is 24.5 Å². The van der Waals surface area contributed by atoms with E-state index in [2.05, 4.69) is 15.6 Å². The molecule has 4 N–H and O–H groups in total. The van der Waals surface area contributed by atoms with Gasteiger partial charge in [0.25, 0.3) is 5.91 Å². The number of esters is 1. The number of nitrogens with zero attached hydrogens (tertiary/aromatic N) is 1. The standard InChI is InChI=1S/C35H46F2N4O5S/c1-4-8-30(9-5-2)47(44,45)23-32(41-34(42)27-12-14-39-15-13-27)35(43)46-33(22-40-21-25-11-7-10-24(6-3)16-25)31(38)19-26-17-28(36)20-29(37)18-26/h7,10-18,20,30-33,40H,4-6,8-9,19,21-23,38H2,1-3H3,(H,41,42)/t31-,32+,33+/m0/s1. The van der Waals surface area contributed by atoms with E-state index >= 15 is 0 Å². The molecule has 3 atom stereocenters. The molecule has 0 saturated heterocycles. The Morgan fingerprint density at radius 3 is 2.17 bits per heavy atom. The summed E-state index contributed by atoms with van der Waals surface area (Å²) >= 11 is 0. The van der Waals surface area contributed by atoms with Crippen molar-refractivity contribution in [3.63, 3.8) is 0 Å². The van der Waals surface area contributed by atoms with E-state index < -0.39 is 62.5 Å². The summed E-state index contributed by atoms with van der Waals surface area (Å²) in [5.74, 6) is -3.86. The van der Waals surface area contributed by atoms with Crippen molar-refractivity contribution in [1.29, 1.82) is 0 Å². The van der Waals surface area contributed by atoms with Crippen LogP contribution in [0.15, 0.2) is 67.0 Å². The molecule has 1 aromatic heterocycles. The Morgan fingerprint density at radius 2 is 1.55 bits per heavy atom. The van der Waals surface area contributed by atoms with Crippen molar-refractivity contribution in [2.75, 3.05) is 12.3 Å². The minimum Gasteiger partial charge on any atom is -0.458 e. The van der Waals surface area contributed by atoms with E-state index in [0.29, 0.717) is 32.2 Å². The predicted octanol–water partition coefficient (Wildman–Crippen LogP) is 4.68. The fourth-order valence-electron chi connectivity index (χ4n) is 5.39. The summed E-state index contributed by atoms with van der Waals surface area (Å²) in [5, 5.41) is 5.10. The number of aromatic nitrogens is 1. The third kappa shape index (κ3) is 12.1. The van der Waals surface area contributed by atoms with Gasteiger partial charge < -0.3 is 21.1 Å². The second-order valence-electron chi connectivity index (χ2n) is 11.7. The minimum atomic E-state index is -3.85. The van der Waals surface area contributed by atoms with Gasteiger partial charge in [-0.05, 0) is 66.6 Å². The summed E-state index contributed by atoms with van der Waals surface area (Å²) in [5.41, 5.74) is 9.08. The van der Waals surface area contributed by atoms with E-state index in [4.69, 9.17) is 10.5 Å². The number of nitrogens with two attached hydrogens (primary N) is 1. The average molecular weight is 673 g/mol. The van der Waals surface area contributed by atoms with Crippen LogP contribution in [0.2, 0.25) is 0 Å². The zero-order valence-corrected chi connectivity index (χ0v) is 28.1. The molecule has 2 aromatic carbocycles. The molecule has 256 valence electrons. The van der Waals surface area contributed by atoms with Gasteiger partial charge in [-0.15, -0.1) is 0 Å². The number of nitrogens with one attached hydrogen (secondary N) is 2. The number of carbonyl (C=O) groups excluding carboxylic acids is 2. The van der Waals surface area contributed by atoms with Crippen LogP contribution in [0.25, 0.3) is 0 Å². The first-order chi connectivity index (χ1) is 22.4. The molecule has 1 heterocycles. The van der Waals surface area contributed by atoms with Gasteiger partial charge in [0.1, 0.15) is 23.8 Å². The number of halogens is 2. The molecule has 0 spiro atoms. The molecule has 0 aliphatic rings. The molecule has 3 aromatic rings. The maximum atomic E-state index is 14.0. The predicted molar refractivity (Wildman–Crippen MR) is 178 cm³/mol. The molecule has 47 heavy (non-hydrogen) atoms. The maximum absolute atomic E-state index is 14.0. The Balaban J connectivity index is 1.88. The lowest BCUT2D eigenvalue weighted by Gasteiger charge is -2.28. The normalized spacial score (nSPS) is 13.6. The number of pyridine rings is 1. The minimum absolute atomic E-state index is 0.0406. The summed E-state index contributed by atoms with van der Waals surface area (Å²) in [4.78, 5) is 30.8. The molecule has 0 aliphatic heterocycles. The van der Waals surface area contributed by atoms with Gasteiger partial charge in [-0.2, -0.15) is 0 Å². The smallest absolute Gasteiger partial charge is 0.330 e. The lowest BCUT2D eigenvalue weighted by atomic mass is 10.0. The number of carbonyl (C=O) groups is 2. The summed E-state index contributed by atoms with van der Waals surface area (Å²) in [6, 6.07) is 11.4. The fourth-order valence-corrected chi connectivity index (χ4v) is 7.54. The quantitative estimate of drug-likeness (QED) is 0.156. The molecular weight excluding hydrogens is 626 g/mol. The third-order valence-electron chi connectivity index (χ3n) is 7.87. The van der Waals surface area contributed by atoms with Crippen LogP contribution in [0.5, 0.6) is 0 Å². The fraction of sp³-hybridized carbons (Fsp3) is 0.457. The highest BCUT2D eigenvalue weighted by Gasteiger charge is 2.35. The first kappa shape index (κ1) is 37.7. The molecule has 9 nitrogen and oxygen atoms in total. The summed E-state index contributed by atoms with van der Waals surface area (Å²) in [6.07, 6.45) is 4.67. The molecule has 12 heteroatoms. The van der Waals surface area contributed by atoms with E-state index in [1.54, 1.807) is 0 Å². The zero-order valence-electron chi connectivity index (χ0n) is 27.3. The molecule has 0 unspecified atom stereocenters. The van der Waals surface area contributed by atoms with Gasteiger partial charge in [0.15, 0.2) is 9.84 Å². The summed E-state index contributed by atoms with van der Waals surface area (Å²) in [7, 11) is -3.85. The first-order valence-electron chi connectivity index (χ1n) is 16.1. The second kappa shape index (κ2) is 18.6. The zero-order chi connectivity index (χ0) is 34.4. The van der Waals surface area contributed by atoms with Crippen LogP contribution in [0.3, 0.4) is 0 Å². The number of amides is 1. The van der Waals surface area contributed by atoms with Gasteiger partial charge in [0.2, 0.25) is 0 Å². The van der Waals surface area contributed by atoms with Crippen LogP contribution in [0.1, 0.15) is 73.5 Å². The van der Waals surface area contributed by atoms with Crippen molar-refractivity contribution in [2.45, 2.75) is 89.3 Å². The topological polar surface area (TPSA) is 140 Å². The van der Waals surface area contributed by atoms with Gasteiger partial charge >= 0.3 is 5.97 Å². The molecule has 3 rings (SSSR count). The molecule has 0 aliphatic carbocycles. The third-order valence-corrected chi connectivity index (χ3v) is 10.2. The van der Waals surface area contributed by atoms with Crippen LogP contribution in [-0.4, -0.2) is 61.0 Å². The number of aryl methyl sites for hydroxylation is 1. The Bertz CT molecular complexity index is 1530. The highest BCUT2D eigenvalue weighted by atomic mass is 32.2. The van der Waals surface area contributed by atoms with Crippen LogP contribution in [0, 0.1) is 11.6 Å². The Labute approximate surface area is 276 Å². The Kier molecular flexibility index (Phi) is 14.9. The highest BCUT2D eigenvalue weighted by molar-refractivity contribution is 7.92.